The Balaban J connectivity index is 1.45. The van der Waals surface area contributed by atoms with Gasteiger partial charge in [-0.05, 0) is 37.2 Å². The van der Waals surface area contributed by atoms with Gasteiger partial charge in [-0.25, -0.2) is 18.7 Å². The molecular weight excluding hydrogens is 407 g/mol. The summed E-state index contributed by atoms with van der Waals surface area (Å²) in [6, 6.07) is 6.26. The molecule has 1 heterocycles. The van der Waals surface area contributed by atoms with Crippen molar-refractivity contribution in [2.45, 2.75) is 51.1 Å². The van der Waals surface area contributed by atoms with Crippen LogP contribution in [0.2, 0.25) is 0 Å². The highest BCUT2D eigenvalue weighted by atomic mass is 19.3. The summed E-state index contributed by atoms with van der Waals surface area (Å²) in [7, 11) is 0. The van der Waals surface area contributed by atoms with Crippen LogP contribution in [0.4, 0.5) is 24.8 Å². The van der Waals surface area contributed by atoms with Gasteiger partial charge in [-0.1, -0.05) is 24.3 Å². The van der Waals surface area contributed by atoms with Gasteiger partial charge in [0.2, 0.25) is 11.7 Å². The van der Waals surface area contributed by atoms with E-state index in [9.17, 15) is 13.6 Å². The lowest BCUT2D eigenvalue weighted by molar-refractivity contribution is -0.125. The molecule has 9 heteroatoms. The Kier molecular flexibility index (Phi) is 5.77. The number of primary amides is 1. The number of carbonyl (C=O) groups is 1. The van der Waals surface area contributed by atoms with E-state index in [1.54, 1.807) is 12.1 Å². The van der Waals surface area contributed by atoms with E-state index in [1.807, 2.05) is 4.90 Å². The highest BCUT2D eigenvalue weighted by molar-refractivity contribution is 5.77. The van der Waals surface area contributed by atoms with Crippen LogP contribution in [-0.4, -0.2) is 28.5 Å². The summed E-state index contributed by atoms with van der Waals surface area (Å²) < 4.78 is 42.1. The molecule has 0 saturated heterocycles. The van der Waals surface area contributed by atoms with Crippen molar-refractivity contribution in [3.63, 3.8) is 0 Å². The van der Waals surface area contributed by atoms with Crippen molar-refractivity contribution < 1.29 is 18.0 Å². The Bertz CT molecular complexity index is 937. The van der Waals surface area contributed by atoms with Gasteiger partial charge in [0, 0.05) is 37.5 Å². The number of hydrogen-bond acceptors (Lipinski definition) is 5. The van der Waals surface area contributed by atoms with Gasteiger partial charge >= 0.3 is 0 Å². The first-order valence-corrected chi connectivity index (χ1v) is 10.5. The topological polar surface area (TPSA) is 84.1 Å². The molecule has 166 valence electrons. The molecule has 4 rings (SSSR count). The maximum atomic E-state index is 15.2. The predicted molar refractivity (Wildman–Crippen MR) is 111 cm³/mol. The number of benzene rings is 1. The maximum Gasteiger partial charge on any atom is 0.270 e. The van der Waals surface area contributed by atoms with Gasteiger partial charge in [0.1, 0.15) is 6.33 Å². The fourth-order valence-corrected chi connectivity index (χ4v) is 3.92. The first kappa shape index (κ1) is 21.4. The maximum absolute atomic E-state index is 15.2. The Morgan fingerprint density at radius 1 is 1.23 bits per heavy atom. The highest BCUT2D eigenvalue weighted by Crippen LogP contribution is 2.36. The van der Waals surface area contributed by atoms with Gasteiger partial charge < -0.3 is 16.0 Å². The Labute approximate surface area is 179 Å². The fraction of sp³-hybridized carbons (Fsp3) is 0.500. The van der Waals surface area contributed by atoms with Crippen molar-refractivity contribution in [2.75, 3.05) is 16.8 Å². The SMILES string of the molecule is CC(F)(F)c1ccc(CN(c2ncnc(NCC3CC(C(N)=O)C3)c2F)C2CC2)cc1. The molecule has 1 aromatic heterocycles. The largest absolute Gasteiger partial charge is 0.369 e. The van der Waals surface area contributed by atoms with Crippen molar-refractivity contribution in [3.8, 4) is 0 Å². The standard InChI is InChI=1S/C22H26F3N5O/c1-22(24,25)16-4-2-13(3-5-16)11-30(17-6-7-17)21-18(23)20(28-12-29-21)27-10-14-8-15(9-14)19(26)31/h2-5,12,14-15,17H,6-11H2,1H3,(H2,26,31)(H,27,28,29). The molecule has 2 fully saturated rings. The Hall–Kier alpha value is -2.84. The van der Waals surface area contributed by atoms with Crippen LogP contribution >= 0.6 is 0 Å². The van der Waals surface area contributed by atoms with Crippen molar-refractivity contribution >= 4 is 17.5 Å². The zero-order valence-electron chi connectivity index (χ0n) is 17.3. The number of rotatable bonds is 9. The number of halogens is 3. The van der Waals surface area contributed by atoms with Crippen LogP contribution < -0.4 is 16.0 Å². The van der Waals surface area contributed by atoms with Crippen LogP contribution in [0, 0.1) is 17.7 Å². The molecule has 6 nitrogen and oxygen atoms in total. The zero-order chi connectivity index (χ0) is 22.2. The van der Waals surface area contributed by atoms with Crippen molar-refractivity contribution in [1.29, 1.82) is 0 Å². The van der Waals surface area contributed by atoms with Crippen LogP contribution in [-0.2, 0) is 17.3 Å². The van der Waals surface area contributed by atoms with Gasteiger partial charge in [0.05, 0.1) is 0 Å². The van der Waals surface area contributed by atoms with Crippen LogP contribution in [0.5, 0.6) is 0 Å². The summed E-state index contributed by atoms with van der Waals surface area (Å²) in [5.74, 6) is -3.23. The van der Waals surface area contributed by atoms with Gasteiger partial charge in [-0.3, -0.25) is 4.79 Å². The summed E-state index contributed by atoms with van der Waals surface area (Å²) in [6.45, 7) is 1.74. The van der Waals surface area contributed by atoms with E-state index in [1.165, 1.54) is 18.5 Å². The summed E-state index contributed by atoms with van der Waals surface area (Å²) in [5, 5.41) is 3.03. The summed E-state index contributed by atoms with van der Waals surface area (Å²) in [6.07, 6.45) is 4.57. The lowest BCUT2D eigenvalue weighted by Gasteiger charge is -2.33. The van der Waals surface area contributed by atoms with E-state index in [0.717, 1.165) is 25.3 Å². The number of nitrogens with one attached hydrogen (secondary N) is 1. The van der Waals surface area contributed by atoms with E-state index in [-0.39, 0.29) is 41.0 Å². The van der Waals surface area contributed by atoms with Crippen molar-refractivity contribution in [3.05, 3.63) is 47.5 Å². The number of carbonyl (C=O) groups excluding carboxylic acids is 1. The van der Waals surface area contributed by atoms with Crippen LogP contribution in [0.1, 0.15) is 43.7 Å². The van der Waals surface area contributed by atoms with Gasteiger partial charge in [-0.15, -0.1) is 0 Å². The first-order valence-electron chi connectivity index (χ1n) is 10.5. The summed E-state index contributed by atoms with van der Waals surface area (Å²) in [5.41, 5.74) is 6.04. The van der Waals surface area contributed by atoms with Crippen molar-refractivity contribution in [1.82, 2.24) is 9.97 Å². The molecule has 1 aromatic carbocycles. The van der Waals surface area contributed by atoms with Crippen LogP contribution in [0.25, 0.3) is 0 Å². The molecule has 0 unspecified atom stereocenters. The fourth-order valence-electron chi connectivity index (χ4n) is 3.92. The predicted octanol–water partition coefficient (Wildman–Crippen LogP) is 3.82. The second-order valence-corrected chi connectivity index (χ2v) is 8.62. The summed E-state index contributed by atoms with van der Waals surface area (Å²) in [4.78, 5) is 21.2. The quantitative estimate of drug-likeness (QED) is 0.628. The lowest BCUT2D eigenvalue weighted by atomic mass is 9.74. The average Bonchev–Trinajstić information content (AvgIpc) is 3.51. The average molecular weight is 433 g/mol. The second-order valence-electron chi connectivity index (χ2n) is 8.62. The number of anilines is 2. The zero-order valence-corrected chi connectivity index (χ0v) is 17.3. The second kappa shape index (κ2) is 8.36. The molecule has 31 heavy (non-hydrogen) atoms. The van der Waals surface area contributed by atoms with Crippen LogP contribution in [0.15, 0.2) is 30.6 Å². The molecule has 2 aliphatic carbocycles. The van der Waals surface area contributed by atoms with E-state index in [0.29, 0.717) is 25.9 Å². The normalized spacial score (nSPS) is 20.8. The number of nitrogens with zero attached hydrogens (tertiary/aromatic N) is 3. The molecule has 3 N–H and O–H groups in total. The third-order valence-corrected chi connectivity index (χ3v) is 6.04. The minimum atomic E-state index is -2.90. The molecule has 0 atom stereocenters. The molecule has 1 amide bonds. The Morgan fingerprint density at radius 2 is 1.90 bits per heavy atom. The monoisotopic (exact) mass is 433 g/mol. The number of alkyl halides is 2. The number of nitrogens with two attached hydrogens (primary N) is 1. The third-order valence-electron chi connectivity index (χ3n) is 6.04. The van der Waals surface area contributed by atoms with Gasteiger partial charge in [0.25, 0.3) is 5.92 Å². The molecule has 2 saturated carbocycles. The van der Waals surface area contributed by atoms with Gasteiger partial charge in [-0.2, -0.15) is 4.39 Å². The minimum Gasteiger partial charge on any atom is -0.369 e. The van der Waals surface area contributed by atoms with E-state index in [2.05, 4.69) is 15.3 Å². The molecule has 0 radical (unpaired) electrons. The molecule has 0 bridgehead atoms. The Morgan fingerprint density at radius 3 is 2.48 bits per heavy atom. The van der Waals surface area contributed by atoms with E-state index in [4.69, 9.17) is 5.73 Å². The van der Waals surface area contributed by atoms with E-state index >= 15 is 4.39 Å². The smallest absolute Gasteiger partial charge is 0.270 e. The van der Waals surface area contributed by atoms with E-state index < -0.39 is 11.7 Å². The number of aromatic nitrogens is 2. The number of amides is 1. The molecule has 0 spiro atoms. The minimum absolute atomic E-state index is 0.0523. The third kappa shape index (κ3) is 4.91. The molecule has 0 aliphatic heterocycles. The number of hydrogen-bond donors (Lipinski definition) is 2. The molecule has 2 aromatic rings. The first-order chi connectivity index (χ1) is 14.7. The molecular formula is C22H26F3N5O. The van der Waals surface area contributed by atoms with Crippen molar-refractivity contribution in [2.24, 2.45) is 17.6 Å². The van der Waals surface area contributed by atoms with Gasteiger partial charge in [0.15, 0.2) is 11.6 Å². The lowest BCUT2D eigenvalue weighted by Crippen LogP contribution is -2.38. The highest BCUT2D eigenvalue weighted by Gasteiger charge is 2.34. The van der Waals surface area contributed by atoms with Crippen LogP contribution in [0.3, 0.4) is 0 Å². The summed E-state index contributed by atoms with van der Waals surface area (Å²) >= 11 is 0. The molecule has 2 aliphatic rings.